The fourth-order valence-electron chi connectivity index (χ4n) is 2.29. The van der Waals surface area contributed by atoms with Crippen molar-refractivity contribution in [3.05, 3.63) is 0 Å². The number of hydrogen-bond acceptors (Lipinski definition) is 5. The Morgan fingerprint density at radius 1 is 1.32 bits per heavy atom. The zero-order valence-electron chi connectivity index (χ0n) is 13.5. The predicted molar refractivity (Wildman–Crippen MR) is 82.7 cm³/mol. The lowest BCUT2D eigenvalue weighted by molar-refractivity contribution is -0.144. The number of amides is 1. The Hall–Kier alpha value is -1.01. The highest BCUT2D eigenvalue weighted by atomic mass is 35.5. The van der Waals surface area contributed by atoms with Gasteiger partial charge in [0.2, 0.25) is 0 Å². The van der Waals surface area contributed by atoms with Crippen LogP contribution in [0.5, 0.6) is 0 Å². The van der Waals surface area contributed by atoms with Crippen LogP contribution in [0.4, 0.5) is 4.79 Å². The molecule has 1 aliphatic heterocycles. The smallest absolute Gasteiger partial charge is 0.408 e. The van der Waals surface area contributed by atoms with Crippen molar-refractivity contribution in [3.63, 3.8) is 0 Å². The van der Waals surface area contributed by atoms with E-state index < -0.39 is 23.7 Å². The molecule has 0 bridgehead atoms. The summed E-state index contributed by atoms with van der Waals surface area (Å²) in [5.74, 6) is -0.0339. The molecule has 1 rings (SSSR count). The third kappa shape index (κ3) is 7.84. The van der Waals surface area contributed by atoms with Crippen LogP contribution in [0, 0.1) is 5.92 Å². The number of carbonyl (C=O) groups excluding carboxylic acids is 2. The molecule has 0 aromatic heterocycles. The minimum Gasteiger partial charge on any atom is -0.448 e. The lowest BCUT2D eigenvalue weighted by atomic mass is 9.93. The number of esters is 1. The van der Waals surface area contributed by atoms with Gasteiger partial charge in [-0.25, -0.2) is 9.59 Å². The van der Waals surface area contributed by atoms with Gasteiger partial charge in [0.25, 0.3) is 0 Å². The van der Waals surface area contributed by atoms with Crippen LogP contribution >= 0.6 is 11.6 Å². The van der Waals surface area contributed by atoms with Crippen LogP contribution in [0.2, 0.25) is 0 Å². The van der Waals surface area contributed by atoms with E-state index in [1.54, 1.807) is 20.8 Å². The fraction of sp³-hybridized carbons (Fsp3) is 0.867. The molecule has 1 N–H and O–H groups in total. The van der Waals surface area contributed by atoms with E-state index in [1.807, 2.05) is 0 Å². The van der Waals surface area contributed by atoms with Gasteiger partial charge in [0.1, 0.15) is 11.6 Å². The van der Waals surface area contributed by atoms with Crippen LogP contribution in [0.3, 0.4) is 0 Å². The summed E-state index contributed by atoms with van der Waals surface area (Å²) in [5, 5.41) is 2.57. The summed E-state index contributed by atoms with van der Waals surface area (Å²) in [6.45, 7) is 6.80. The van der Waals surface area contributed by atoms with E-state index in [0.29, 0.717) is 12.3 Å². The monoisotopic (exact) mass is 335 g/mol. The van der Waals surface area contributed by atoms with E-state index in [9.17, 15) is 9.59 Å². The van der Waals surface area contributed by atoms with Gasteiger partial charge in [0.05, 0.1) is 0 Å². The highest BCUT2D eigenvalue weighted by Crippen LogP contribution is 2.21. The van der Waals surface area contributed by atoms with E-state index >= 15 is 0 Å². The Kier molecular flexibility index (Phi) is 7.96. The SMILES string of the molecule is CC(C)(C)OC(=O)NC(CCC1CCOCC1)C(=O)OCCl. The summed E-state index contributed by atoms with van der Waals surface area (Å²) >= 11 is 5.43. The van der Waals surface area contributed by atoms with Gasteiger partial charge >= 0.3 is 12.1 Å². The molecule has 1 unspecified atom stereocenters. The van der Waals surface area contributed by atoms with E-state index in [1.165, 1.54) is 0 Å². The third-order valence-electron chi connectivity index (χ3n) is 3.38. The zero-order valence-corrected chi connectivity index (χ0v) is 14.3. The highest BCUT2D eigenvalue weighted by molar-refractivity contribution is 6.17. The molecule has 22 heavy (non-hydrogen) atoms. The Balaban J connectivity index is 2.51. The summed E-state index contributed by atoms with van der Waals surface area (Å²) in [5.41, 5.74) is -0.619. The first-order valence-electron chi connectivity index (χ1n) is 7.61. The van der Waals surface area contributed by atoms with Gasteiger partial charge in [-0.15, -0.1) is 0 Å². The average Bonchev–Trinajstić information content (AvgIpc) is 2.42. The fourth-order valence-corrected chi connectivity index (χ4v) is 2.40. The number of ether oxygens (including phenoxy) is 3. The van der Waals surface area contributed by atoms with Crippen molar-refractivity contribution >= 4 is 23.7 Å². The molecular weight excluding hydrogens is 310 g/mol. The van der Waals surface area contributed by atoms with Gasteiger partial charge in [-0.2, -0.15) is 0 Å². The first kappa shape index (κ1) is 19.0. The van der Waals surface area contributed by atoms with Crippen molar-refractivity contribution in [1.82, 2.24) is 5.32 Å². The molecular formula is C15H26ClNO5. The molecule has 128 valence electrons. The largest absolute Gasteiger partial charge is 0.448 e. The van der Waals surface area contributed by atoms with Gasteiger partial charge in [0.15, 0.2) is 6.07 Å². The van der Waals surface area contributed by atoms with Crippen LogP contribution in [0.15, 0.2) is 0 Å². The van der Waals surface area contributed by atoms with Gasteiger partial charge in [-0.1, -0.05) is 11.6 Å². The maximum Gasteiger partial charge on any atom is 0.408 e. The molecule has 0 aromatic rings. The first-order valence-corrected chi connectivity index (χ1v) is 8.15. The average molecular weight is 336 g/mol. The van der Waals surface area contributed by atoms with E-state index in [-0.39, 0.29) is 6.07 Å². The Morgan fingerprint density at radius 2 is 1.95 bits per heavy atom. The maximum absolute atomic E-state index is 11.9. The van der Waals surface area contributed by atoms with Crippen molar-refractivity contribution in [2.45, 2.75) is 58.1 Å². The topological polar surface area (TPSA) is 73.9 Å². The van der Waals surface area contributed by atoms with Gasteiger partial charge in [0, 0.05) is 13.2 Å². The molecule has 1 heterocycles. The molecule has 0 radical (unpaired) electrons. The number of rotatable bonds is 6. The number of hydrogen-bond donors (Lipinski definition) is 1. The minimum atomic E-state index is -0.739. The van der Waals surface area contributed by atoms with Crippen molar-refractivity contribution in [3.8, 4) is 0 Å². The van der Waals surface area contributed by atoms with Gasteiger partial charge < -0.3 is 19.5 Å². The second kappa shape index (κ2) is 9.20. The van der Waals surface area contributed by atoms with Crippen molar-refractivity contribution in [1.29, 1.82) is 0 Å². The lowest BCUT2D eigenvalue weighted by Crippen LogP contribution is -2.44. The highest BCUT2D eigenvalue weighted by Gasteiger charge is 2.26. The van der Waals surface area contributed by atoms with Crippen LogP contribution in [0.25, 0.3) is 0 Å². The summed E-state index contributed by atoms with van der Waals surface area (Å²) in [6, 6.07) is -0.973. The van der Waals surface area contributed by atoms with Crippen LogP contribution < -0.4 is 5.32 Å². The molecule has 1 fully saturated rings. The first-order chi connectivity index (χ1) is 10.3. The maximum atomic E-state index is 11.9. The molecule has 0 spiro atoms. The second-order valence-electron chi connectivity index (χ2n) is 6.40. The van der Waals surface area contributed by atoms with Crippen LogP contribution in [-0.2, 0) is 19.0 Å². The summed E-state index contributed by atoms with van der Waals surface area (Å²) in [4.78, 5) is 23.8. The molecule has 1 saturated heterocycles. The number of carbonyl (C=O) groups is 2. The van der Waals surface area contributed by atoms with E-state index in [0.717, 1.165) is 32.5 Å². The minimum absolute atomic E-state index is 0.234. The van der Waals surface area contributed by atoms with Gasteiger partial charge in [-0.05, 0) is 52.4 Å². The van der Waals surface area contributed by atoms with Crippen LogP contribution in [-0.4, -0.2) is 43.0 Å². The van der Waals surface area contributed by atoms with E-state index in [4.69, 9.17) is 25.8 Å². The summed E-state index contributed by atoms with van der Waals surface area (Å²) in [6.07, 6.45) is 2.64. The number of alkyl carbamates (subject to hydrolysis) is 1. The second-order valence-corrected chi connectivity index (χ2v) is 6.62. The third-order valence-corrected chi connectivity index (χ3v) is 3.49. The predicted octanol–water partition coefficient (Wildman–Crippen LogP) is 2.83. The van der Waals surface area contributed by atoms with E-state index in [2.05, 4.69) is 5.32 Å². The summed E-state index contributed by atoms with van der Waals surface area (Å²) in [7, 11) is 0. The molecule has 1 amide bonds. The number of nitrogens with one attached hydrogen (secondary N) is 1. The molecule has 6 nitrogen and oxygen atoms in total. The van der Waals surface area contributed by atoms with Gasteiger partial charge in [-0.3, -0.25) is 0 Å². The quantitative estimate of drug-likeness (QED) is 0.597. The zero-order chi connectivity index (χ0) is 16.6. The normalized spacial score (nSPS) is 17.6. The van der Waals surface area contributed by atoms with Crippen molar-refractivity contribution < 1.29 is 23.8 Å². The Bertz CT molecular complexity index is 363. The number of alkyl halides is 1. The molecule has 0 aromatic carbocycles. The number of halogens is 1. The van der Waals surface area contributed by atoms with Crippen LogP contribution in [0.1, 0.15) is 46.5 Å². The Morgan fingerprint density at radius 3 is 2.50 bits per heavy atom. The Labute approximate surface area is 136 Å². The molecule has 0 saturated carbocycles. The standard InChI is InChI=1S/C15H26ClNO5/c1-15(2,3)22-14(19)17-12(13(18)21-10-16)5-4-11-6-8-20-9-7-11/h11-12H,4-10H2,1-3H3,(H,17,19). The van der Waals surface area contributed by atoms with Crippen molar-refractivity contribution in [2.75, 3.05) is 19.3 Å². The summed E-state index contributed by atoms with van der Waals surface area (Å²) < 4.78 is 15.3. The lowest BCUT2D eigenvalue weighted by Gasteiger charge is -2.25. The molecule has 1 atom stereocenters. The molecule has 0 aliphatic carbocycles. The molecule has 7 heteroatoms. The molecule has 1 aliphatic rings. The van der Waals surface area contributed by atoms with Crippen molar-refractivity contribution in [2.24, 2.45) is 5.92 Å².